The molecule has 0 aromatic rings. The van der Waals surface area contributed by atoms with Crippen molar-refractivity contribution in [2.75, 3.05) is 13.7 Å². The summed E-state index contributed by atoms with van der Waals surface area (Å²) >= 11 is 0. The van der Waals surface area contributed by atoms with E-state index in [0.29, 0.717) is 5.57 Å². The van der Waals surface area contributed by atoms with E-state index in [4.69, 9.17) is 14.6 Å². The van der Waals surface area contributed by atoms with Gasteiger partial charge in [0.25, 0.3) is 0 Å². The molecule has 1 aliphatic rings. The summed E-state index contributed by atoms with van der Waals surface area (Å²) in [5.74, 6) is -2.66. The highest BCUT2D eigenvalue weighted by molar-refractivity contribution is 5.83. The topological polar surface area (TPSA) is 93.1 Å². The van der Waals surface area contributed by atoms with Gasteiger partial charge in [-0.3, -0.25) is 9.69 Å². The molecular formula is C14H19NO6. The highest BCUT2D eigenvalue weighted by Crippen LogP contribution is 2.37. The largest absolute Gasteiger partial charge is 0.481 e. The Morgan fingerprint density at radius 2 is 2.05 bits per heavy atom. The Morgan fingerprint density at radius 3 is 2.48 bits per heavy atom. The Labute approximate surface area is 122 Å². The molecule has 1 saturated heterocycles. The Hall–Kier alpha value is -2.31. The monoisotopic (exact) mass is 297 g/mol. The molecule has 1 aliphatic heterocycles. The zero-order valence-corrected chi connectivity index (χ0v) is 12.1. The van der Waals surface area contributed by atoms with Crippen LogP contribution in [0, 0.1) is 11.8 Å². The summed E-state index contributed by atoms with van der Waals surface area (Å²) in [5.41, 5.74) is 0.698. The molecule has 3 atom stereocenters. The van der Waals surface area contributed by atoms with E-state index in [-0.39, 0.29) is 18.9 Å². The van der Waals surface area contributed by atoms with Gasteiger partial charge in [-0.2, -0.15) is 0 Å². The first-order valence-corrected chi connectivity index (χ1v) is 6.36. The normalized spacial score (nSPS) is 24.3. The van der Waals surface area contributed by atoms with Gasteiger partial charge in [-0.25, -0.2) is 9.59 Å². The maximum Gasteiger partial charge on any atom is 0.415 e. The summed E-state index contributed by atoms with van der Waals surface area (Å²) in [4.78, 5) is 36.1. The second-order valence-corrected chi connectivity index (χ2v) is 4.89. The van der Waals surface area contributed by atoms with Gasteiger partial charge in [-0.1, -0.05) is 18.7 Å². The number of carbonyl (C=O) groups excluding carboxylic acids is 2. The van der Waals surface area contributed by atoms with Gasteiger partial charge in [0.15, 0.2) is 0 Å². The third kappa shape index (κ3) is 3.62. The predicted molar refractivity (Wildman–Crippen MR) is 73.2 cm³/mol. The first-order valence-electron chi connectivity index (χ1n) is 6.36. The minimum absolute atomic E-state index is 0.153. The van der Waals surface area contributed by atoms with Crippen molar-refractivity contribution in [1.29, 1.82) is 0 Å². The molecule has 7 heteroatoms. The van der Waals surface area contributed by atoms with Gasteiger partial charge in [0, 0.05) is 18.4 Å². The van der Waals surface area contributed by atoms with Crippen molar-refractivity contribution in [3.05, 3.63) is 25.0 Å². The minimum Gasteiger partial charge on any atom is -0.481 e. The second kappa shape index (κ2) is 6.92. The summed E-state index contributed by atoms with van der Waals surface area (Å²) < 4.78 is 9.39. The number of hydrogen-bond acceptors (Lipinski definition) is 5. The van der Waals surface area contributed by atoms with Crippen LogP contribution in [0.25, 0.3) is 0 Å². The molecule has 0 aromatic carbocycles. The van der Waals surface area contributed by atoms with Crippen molar-refractivity contribution < 1.29 is 29.0 Å². The molecule has 1 rings (SSSR count). The number of nitrogens with zero attached hydrogens (tertiary/aromatic N) is 1. The molecule has 1 N–H and O–H groups in total. The van der Waals surface area contributed by atoms with Crippen molar-refractivity contribution in [2.24, 2.45) is 11.8 Å². The molecule has 1 fully saturated rings. The molecule has 0 spiro atoms. The van der Waals surface area contributed by atoms with E-state index in [1.165, 1.54) is 12.0 Å². The fraction of sp³-hybridized carbons (Fsp3) is 0.500. The number of likely N-dealkylation sites (tertiary alicyclic amines) is 1. The molecule has 0 saturated carbocycles. The van der Waals surface area contributed by atoms with Crippen LogP contribution in [0.5, 0.6) is 0 Å². The lowest BCUT2D eigenvalue weighted by Crippen LogP contribution is -2.44. The van der Waals surface area contributed by atoms with Crippen LogP contribution < -0.4 is 0 Å². The van der Waals surface area contributed by atoms with E-state index in [2.05, 4.69) is 13.2 Å². The summed E-state index contributed by atoms with van der Waals surface area (Å²) in [6.45, 7) is 8.98. The van der Waals surface area contributed by atoms with E-state index < -0.39 is 30.0 Å². The van der Waals surface area contributed by atoms with Crippen molar-refractivity contribution in [2.45, 2.75) is 19.4 Å². The van der Waals surface area contributed by atoms with Gasteiger partial charge in [0.05, 0.1) is 19.8 Å². The number of hydrogen-bond donors (Lipinski definition) is 1. The summed E-state index contributed by atoms with van der Waals surface area (Å²) in [7, 11) is 1.19. The maximum atomic E-state index is 12.0. The first-order chi connectivity index (χ1) is 9.83. The lowest BCUT2D eigenvalue weighted by Gasteiger charge is -2.24. The number of carboxylic acids is 1. The Kier molecular flexibility index (Phi) is 5.52. The smallest absolute Gasteiger partial charge is 0.415 e. The number of rotatable bonds is 5. The number of esters is 1. The van der Waals surface area contributed by atoms with Crippen molar-refractivity contribution >= 4 is 18.0 Å². The molecule has 1 amide bonds. The molecule has 0 aliphatic carbocycles. The summed E-state index contributed by atoms with van der Waals surface area (Å²) in [6.07, 6.45) is -0.0777. The number of aliphatic carboxylic acids is 1. The van der Waals surface area contributed by atoms with Gasteiger partial charge >= 0.3 is 18.0 Å². The number of amides is 1. The Bertz CT molecular complexity index is 472. The van der Waals surface area contributed by atoms with Crippen LogP contribution in [0.3, 0.4) is 0 Å². The van der Waals surface area contributed by atoms with Crippen LogP contribution in [0.2, 0.25) is 0 Å². The van der Waals surface area contributed by atoms with Crippen LogP contribution in [0.4, 0.5) is 4.79 Å². The standard InChI is InChI=1S/C14H19NO6/c1-5-21-14(19)15-7-10(8(2)3)9(6-11(16)17)12(15)13(18)20-4/h5,9-10,12H,1-2,6-7H2,3-4H3,(H,16,17)/t9-,10-,12-/m1/s1. The molecule has 116 valence electrons. The third-order valence-corrected chi connectivity index (χ3v) is 3.56. The molecule has 7 nitrogen and oxygen atoms in total. The van der Waals surface area contributed by atoms with E-state index in [0.717, 1.165) is 6.26 Å². The van der Waals surface area contributed by atoms with Crippen LogP contribution in [-0.4, -0.2) is 47.7 Å². The zero-order chi connectivity index (χ0) is 16.2. The molecule has 0 bridgehead atoms. The van der Waals surface area contributed by atoms with E-state index >= 15 is 0 Å². The van der Waals surface area contributed by atoms with Crippen LogP contribution in [-0.2, 0) is 19.1 Å². The van der Waals surface area contributed by atoms with Gasteiger partial charge in [0.1, 0.15) is 6.04 Å². The maximum absolute atomic E-state index is 12.0. The SMILES string of the molecule is C=COC(=O)N1C[C@H](C(=C)C)[C@@H](CC(=O)O)[C@@H]1C(=O)OC. The van der Waals surface area contributed by atoms with Gasteiger partial charge in [0.2, 0.25) is 0 Å². The van der Waals surface area contributed by atoms with Gasteiger partial charge < -0.3 is 14.6 Å². The van der Waals surface area contributed by atoms with Crippen molar-refractivity contribution in [1.82, 2.24) is 4.90 Å². The van der Waals surface area contributed by atoms with Crippen molar-refractivity contribution in [3.63, 3.8) is 0 Å². The Morgan fingerprint density at radius 1 is 1.43 bits per heavy atom. The van der Waals surface area contributed by atoms with E-state index in [1.54, 1.807) is 6.92 Å². The first kappa shape index (κ1) is 16.7. The number of ether oxygens (including phenoxy) is 2. The molecule has 0 radical (unpaired) electrons. The third-order valence-electron chi connectivity index (χ3n) is 3.56. The number of carbonyl (C=O) groups is 3. The fourth-order valence-corrected chi connectivity index (χ4v) is 2.64. The van der Waals surface area contributed by atoms with Crippen LogP contribution in [0.15, 0.2) is 25.0 Å². The molecule has 21 heavy (non-hydrogen) atoms. The zero-order valence-electron chi connectivity index (χ0n) is 12.1. The minimum atomic E-state index is -1.06. The van der Waals surface area contributed by atoms with Crippen LogP contribution >= 0.6 is 0 Å². The lowest BCUT2D eigenvalue weighted by atomic mass is 9.84. The molecule has 0 aromatic heterocycles. The number of carboxylic acid groups (broad SMARTS) is 1. The quantitative estimate of drug-likeness (QED) is 0.468. The second-order valence-electron chi connectivity index (χ2n) is 4.89. The fourth-order valence-electron chi connectivity index (χ4n) is 2.64. The average molecular weight is 297 g/mol. The van der Waals surface area contributed by atoms with Gasteiger partial charge in [-0.15, -0.1) is 0 Å². The average Bonchev–Trinajstić information content (AvgIpc) is 2.77. The van der Waals surface area contributed by atoms with Crippen LogP contribution in [0.1, 0.15) is 13.3 Å². The van der Waals surface area contributed by atoms with Gasteiger partial charge in [-0.05, 0) is 6.92 Å². The molecule has 1 heterocycles. The lowest BCUT2D eigenvalue weighted by molar-refractivity contribution is -0.147. The summed E-state index contributed by atoms with van der Waals surface area (Å²) in [5, 5.41) is 9.04. The van der Waals surface area contributed by atoms with Crippen molar-refractivity contribution in [3.8, 4) is 0 Å². The van der Waals surface area contributed by atoms with E-state index in [1.807, 2.05) is 0 Å². The van der Waals surface area contributed by atoms with E-state index in [9.17, 15) is 14.4 Å². The summed E-state index contributed by atoms with van der Waals surface area (Å²) in [6, 6.07) is -1.01. The highest BCUT2D eigenvalue weighted by atomic mass is 16.6. The molecule has 0 unspecified atom stereocenters. The highest BCUT2D eigenvalue weighted by Gasteiger charge is 2.49. The Balaban J connectivity index is 3.16. The molecular weight excluding hydrogens is 278 g/mol. The predicted octanol–water partition coefficient (Wildman–Crippen LogP) is 1.41. The number of methoxy groups -OCH3 is 1.